The molecule has 3 aliphatic heterocycles. The van der Waals surface area contributed by atoms with E-state index in [1.807, 2.05) is 4.90 Å². The molecule has 1 unspecified atom stereocenters. The molecule has 0 aliphatic carbocycles. The van der Waals surface area contributed by atoms with Gasteiger partial charge in [0, 0.05) is 45.4 Å². The van der Waals surface area contributed by atoms with Crippen molar-refractivity contribution >= 4 is 5.91 Å². The van der Waals surface area contributed by atoms with Crippen molar-refractivity contribution in [3.05, 3.63) is 11.4 Å². The van der Waals surface area contributed by atoms with Crippen LogP contribution in [0, 0.1) is 12.3 Å². The fourth-order valence-electron chi connectivity index (χ4n) is 4.98. The molecule has 1 spiro atoms. The first-order chi connectivity index (χ1) is 13.0. The Kier molecular flexibility index (Phi) is 5.48. The van der Waals surface area contributed by atoms with Gasteiger partial charge in [-0.1, -0.05) is 10.3 Å². The minimum atomic E-state index is -0.271. The monoisotopic (exact) mass is 378 g/mol. The molecule has 3 saturated heterocycles. The molecule has 150 valence electrons. The quantitative estimate of drug-likeness (QED) is 0.831. The molecule has 0 aromatic carbocycles. The molecule has 4 heterocycles. The maximum absolute atomic E-state index is 12.6. The number of likely N-dealkylation sites (tertiary alicyclic amines) is 2. The van der Waals surface area contributed by atoms with E-state index in [0.717, 1.165) is 71.5 Å². The molecule has 1 atom stereocenters. The van der Waals surface area contributed by atoms with E-state index < -0.39 is 0 Å². The third-order valence-electron chi connectivity index (χ3n) is 6.60. The van der Waals surface area contributed by atoms with E-state index >= 15 is 0 Å². The number of carbonyl (C=O) groups excluding carboxylic acids is 1. The van der Waals surface area contributed by atoms with Crippen molar-refractivity contribution < 1.29 is 19.3 Å². The first kappa shape index (κ1) is 18.8. The summed E-state index contributed by atoms with van der Waals surface area (Å²) in [5, 5.41) is 18.1. The van der Waals surface area contributed by atoms with E-state index in [0.29, 0.717) is 17.4 Å². The largest absolute Gasteiger partial charge is 0.392 e. The number of hydrogen-bond acceptors (Lipinski definition) is 7. The number of hydrogen-bond donors (Lipinski definition) is 1. The van der Waals surface area contributed by atoms with Gasteiger partial charge in [-0.05, 0) is 44.4 Å². The van der Waals surface area contributed by atoms with Crippen molar-refractivity contribution in [3.63, 3.8) is 0 Å². The fourth-order valence-corrected chi connectivity index (χ4v) is 4.98. The minimum Gasteiger partial charge on any atom is -0.392 e. The van der Waals surface area contributed by atoms with E-state index in [1.165, 1.54) is 0 Å². The standard InChI is InChI=1S/C19H30N4O4/c1-14-17(21-27-20-14)10-18(25)22-6-4-19(5-7-22)11-16(24)12-23(13-19)15-2-8-26-9-3-15/h15-16,24H,2-13H2,1H3. The van der Waals surface area contributed by atoms with Crippen LogP contribution in [-0.2, 0) is 16.0 Å². The van der Waals surface area contributed by atoms with Gasteiger partial charge < -0.3 is 14.7 Å². The van der Waals surface area contributed by atoms with E-state index in [9.17, 15) is 9.90 Å². The van der Waals surface area contributed by atoms with E-state index in [1.54, 1.807) is 6.92 Å². The van der Waals surface area contributed by atoms with Crippen molar-refractivity contribution in [1.29, 1.82) is 0 Å². The average molecular weight is 378 g/mol. The SMILES string of the molecule is Cc1nonc1CC(=O)N1CCC2(CC1)CC(O)CN(C1CCOCC1)C2. The van der Waals surface area contributed by atoms with E-state index in [-0.39, 0.29) is 23.8 Å². The highest BCUT2D eigenvalue weighted by Crippen LogP contribution is 2.41. The molecule has 8 heteroatoms. The van der Waals surface area contributed by atoms with Gasteiger partial charge in [-0.3, -0.25) is 9.69 Å². The number of piperidine rings is 2. The molecule has 3 fully saturated rings. The summed E-state index contributed by atoms with van der Waals surface area (Å²) in [5.41, 5.74) is 1.43. The van der Waals surface area contributed by atoms with Crippen molar-refractivity contribution in [2.75, 3.05) is 39.4 Å². The smallest absolute Gasteiger partial charge is 0.228 e. The Morgan fingerprint density at radius 3 is 2.67 bits per heavy atom. The number of amides is 1. The highest BCUT2D eigenvalue weighted by molar-refractivity contribution is 5.78. The van der Waals surface area contributed by atoms with E-state index in [4.69, 9.17) is 9.37 Å². The minimum absolute atomic E-state index is 0.0845. The highest BCUT2D eigenvalue weighted by atomic mass is 16.6. The summed E-state index contributed by atoms with van der Waals surface area (Å²) < 4.78 is 10.2. The second-order valence-electron chi connectivity index (χ2n) is 8.48. The lowest BCUT2D eigenvalue weighted by molar-refractivity contribution is -0.135. The third kappa shape index (κ3) is 4.17. The van der Waals surface area contributed by atoms with Gasteiger partial charge >= 0.3 is 0 Å². The molecule has 3 aliphatic rings. The number of aliphatic hydroxyl groups excluding tert-OH is 1. The Labute approximate surface area is 159 Å². The molecule has 0 bridgehead atoms. The summed E-state index contributed by atoms with van der Waals surface area (Å²) in [6.07, 6.45) is 4.83. The number of carbonyl (C=O) groups is 1. The molecule has 4 rings (SSSR count). The van der Waals surface area contributed by atoms with Crippen molar-refractivity contribution in [3.8, 4) is 0 Å². The number of ether oxygens (including phenoxy) is 1. The summed E-state index contributed by atoms with van der Waals surface area (Å²) in [6, 6.07) is 0.521. The summed E-state index contributed by atoms with van der Waals surface area (Å²) in [5.74, 6) is 0.0845. The van der Waals surface area contributed by atoms with Crippen molar-refractivity contribution in [2.24, 2.45) is 5.41 Å². The first-order valence-electron chi connectivity index (χ1n) is 10.1. The third-order valence-corrected chi connectivity index (χ3v) is 6.60. The molecule has 1 amide bonds. The Morgan fingerprint density at radius 2 is 2.00 bits per heavy atom. The zero-order valence-corrected chi connectivity index (χ0v) is 16.1. The zero-order valence-electron chi connectivity index (χ0n) is 16.1. The van der Waals surface area contributed by atoms with Gasteiger partial charge in [0.05, 0.1) is 12.5 Å². The lowest BCUT2D eigenvalue weighted by Crippen LogP contribution is -2.57. The van der Waals surface area contributed by atoms with Gasteiger partial charge in [0.2, 0.25) is 5.91 Å². The molecular formula is C19H30N4O4. The second-order valence-corrected chi connectivity index (χ2v) is 8.48. The molecule has 8 nitrogen and oxygen atoms in total. The number of nitrogens with zero attached hydrogens (tertiary/aromatic N) is 4. The number of aryl methyl sites for hydroxylation is 1. The van der Waals surface area contributed by atoms with Gasteiger partial charge in [-0.2, -0.15) is 0 Å². The average Bonchev–Trinajstić information content (AvgIpc) is 3.07. The van der Waals surface area contributed by atoms with Crippen LogP contribution >= 0.6 is 0 Å². The summed E-state index contributed by atoms with van der Waals surface area (Å²) >= 11 is 0. The van der Waals surface area contributed by atoms with Gasteiger partial charge in [0.25, 0.3) is 0 Å². The van der Waals surface area contributed by atoms with Crippen LogP contribution in [0.2, 0.25) is 0 Å². The van der Waals surface area contributed by atoms with Gasteiger partial charge in [0.15, 0.2) is 0 Å². The summed E-state index contributed by atoms with van der Waals surface area (Å²) in [6.45, 7) is 6.75. The van der Waals surface area contributed by atoms with Crippen LogP contribution in [-0.4, -0.2) is 82.7 Å². The van der Waals surface area contributed by atoms with Crippen molar-refractivity contribution in [2.45, 2.75) is 57.6 Å². The lowest BCUT2D eigenvalue weighted by atomic mass is 9.71. The van der Waals surface area contributed by atoms with Crippen LogP contribution in [0.15, 0.2) is 4.63 Å². The topological polar surface area (TPSA) is 91.9 Å². The van der Waals surface area contributed by atoms with Crippen LogP contribution < -0.4 is 0 Å². The molecule has 0 saturated carbocycles. The molecule has 0 radical (unpaired) electrons. The number of β-amino-alcohol motifs (C(OH)–C–C–N with tert-alkyl or cyclic N) is 1. The Bertz CT molecular complexity index is 650. The summed E-state index contributed by atoms with van der Waals surface area (Å²) in [7, 11) is 0. The van der Waals surface area contributed by atoms with Gasteiger partial charge in [-0.15, -0.1) is 0 Å². The van der Waals surface area contributed by atoms with Gasteiger partial charge in [0.1, 0.15) is 11.4 Å². The number of aromatic nitrogens is 2. The Hall–Kier alpha value is -1.51. The molecule has 1 aromatic rings. The van der Waals surface area contributed by atoms with Gasteiger partial charge in [-0.25, -0.2) is 4.63 Å². The lowest BCUT2D eigenvalue weighted by Gasteiger charge is -2.51. The highest BCUT2D eigenvalue weighted by Gasteiger charge is 2.43. The zero-order chi connectivity index (χ0) is 18.9. The normalized spacial score (nSPS) is 27.2. The molecule has 27 heavy (non-hydrogen) atoms. The Balaban J connectivity index is 1.35. The molecule has 1 N–H and O–H groups in total. The Morgan fingerprint density at radius 1 is 1.26 bits per heavy atom. The van der Waals surface area contributed by atoms with Crippen LogP contribution in [0.4, 0.5) is 0 Å². The van der Waals surface area contributed by atoms with E-state index in [2.05, 4.69) is 15.2 Å². The maximum Gasteiger partial charge on any atom is 0.228 e. The molecule has 1 aromatic heterocycles. The molecular weight excluding hydrogens is 348 g/mol. The predicted molar refractivity (Wildman–Crippen MR) is 97.0 cm³/mol. The number of rotatable bonds is 3. The van der Waals surface area contributed by atoms with Crippen LogP contribution in [0.5, 0.6) is 0 Å². The second kappa shape index (κ2) is 7.85. The predicted octanol–water partition coefficient (Wildman–Crippen LogP) is 0.775. The fraction of sp³-hybridized carbons (Fsp3) is 0.842. The first-order valence-corrected chi connectivity index (χ1v) is 10.1. The number of aliphatic hydroxyl groups is 1. The van der Waals surface area contributed by atoms with Crippen LogP contribution in [0.3, 0.4) is 0 Å². The van der Waals surface area contributed by atoms with Crippen molar-refractivity contribution in [1.82, 2.24) is 20.1 Å². The summed E-state index contributed by atoms with van der Waals surface area (Å²) in [4.78, 5) is 17.0. The van der Waals surface area contributed by atoms with Crippen LogP contribution in [0.1, 0.15) is 43.5 Å². The van der Waals surface area contributed by atoms with Crippen LogP contribution in [0.25, 0.3) is 0 Å². The maximum atomic E-state index is 12.6.